The molecule has 28 heavy (non-hydrogen) atoms. The van der Waals surface area contributed by atoms with Crippen LogP contribution in [0.15, 0.2) is 46.9 Å². The number of hydrogen-bond donors (Lipinski definition) is 2. The Morgan fingerprint density at radius 1 is 1.21 bits per heavy atom. The van der Waals surface area contributed by atoms with Gasteiger partial charge in [0.15, 0.2) is 0 Å². The first-order valence-electron chi connectivity index (χ1n) is 9.37. The van der Waals surface area contributed by atoms with Crippen LogP contribution in [0.3, 0.4) is 0 Å². The zero-order valence-corrected chi connectivity index (χ0v) is 18.2. The molecule has 0 saturated carbocycles. The minimum Gasteiger partial charge on any atom is -0.496 e. The molecule has 1 aliphatic heterocycles. The van der Waals surface area contributed by atoms with Crippen molar-refractivity contribution in [3.05, 3.63) is 63.1 Å². The van der Waals surface area contributed by atoms with E-state index < -0.39 is 0 Å². The molecule has 2 N–H and O–H groups in total. The van der Waals surface area contributed by atoms with Crippen molar-refractivity contribution in [3.8, 4) is 5.75 Å². The van der Waals surface area contributed by atoms with Gasteiger partial charge in [-0.1, -0.05) is 39.7 Å². The summed E-state index contributed by atoms with van der Waals surface area (Å²) in [6.07, 6.45) is 1.89. The number of hydrogen-bond acceptors (Lipinski definition) is 3. The molecule has 0 spiro atoms. The highest BCUT2D eigenvalue weighted by atomic mass is 79.9. The highest BCUT2D eigenvalue weighted by Crippen LogP contribution is 2.22. The van der Waals surface area contributed by atoms with E-state index in [1.54, 1.807) is 7.11 Å². The van der Waals surface area contributed by atoms with Crippen LogP contribution >= 0.6 is 27.5 Å². The van der Waals surface area contributed by atoms with Crippen LogP contribution < -0.4 is 15.4 Å². The van der Waals surface area contributed by atoms with Crippen molar-refractivity contribution in [1.29, 1.82) is 0 Å². The fraction of sp³-hybridized carbons (Fsp3) is 0.381. The lowest BCUT2D eigenvalue weighted by atomic mass is 10.0. The molecule has 0 radical (unpaired) electrons. The Balaban J connectivity index is 1.41. The summed E-state index contributed by atoms with van der Waals surface area (Å²) in [5.74, 6) is 0.763. The van der Waals surface area contributed by atoms with Crippen LogP contribution in [0.1, 0.15) is 24.0 Å². The van der Waals surface area contributed by atoms with E-state index in [0.29, 0.717) is 6.54 Å². The van der Waals surface area contributed by atoms with Gasteiger partial charge in [-0.25, -0.2) is 4.79 Å². The van der Waals surface area contributed by atoms with Crippen molar-refractivity contribution < 1.29 is 9.53 Å². The third kappa shape index (κ3) is 6.12. The lowest BCUT2D eigenvalue weighted by molar-refractivity contribution is 0.186. The van der Waals surface area contributed by atoms with Gasteiger partial charge in [0.2, 0.25) is 0 Å². The molecule has 0 atom stereocenters. The first kappa shape index (κ1) is 21.0. The zero-order valence-electron chi connectivity index (χ0n) is 15.9. The fourth-order valence-electron chi connectivity index (χ4n) is 3.38. The third-order valence-corrected chi connectivity index (χ3v) is 5.67. The fourth-order valence-corrected chi connectivity index (χ4v) is 3.92. The van der Waals surface area contributed by atoms with Crippen LogP contribution in [0.5, 0.6) is 5.75 Å². The number of likely N-dealkylation sites (tertiary alicyclic amines) is 1. The monoisotopic (exact) mass is 465 g/mol. The summed E-state index contributed by atoms with van der Waals surface area (Å²) in [6.45, 7) is 3.27. The third-order valence-electron chi connectivity index (χ3n) is 4.92. The predicted molar refractivity (Wildman–Crippen MR) is 116 cm³/mol. The van der Waals surface area contributed by atoms with Crippen LogP contribution in [0, 0.1) is 0 Å². The van der Waals surface area contributed by atoms with Crippen LogP contribution in [-0.2, 0) is 13.1 Å². The summed E-state index contributed by atoms with van der Waals surface area (Å²) >= 11 is 9.39. The Kier molecular flexibility index (Phi) is 7.59. The molecule has 2 aromatic rings. The summed E-state index contributed by atoms with van der Waals surface area (Å²) in [5.41, 5.74) is 2.20. The molecule has 1 fully saturated rings. The number of carbonyl (C=O) groups is 1. The van der Waals surface area contributed by atoms with E-state index in [9.17, 15) is 4.79 Å². The first-order valence-corrected chi connectivity index (χ1v) is 10.5. The van der Waals surface area contributed by atoms with Crippen molar-refractivity contribution in [2.45, 2.75) is 32.0 Å². The summed E-state index contributed by atoms with van der Waals surface area (Å²) < 4.78 is 6.30. The smallest absolute Gasteiger partial charge is 0.315 e. The molecule has 7 heteroatoms. The van der Waals surface area contributed by atoms with Crippen molar-refractivity contribution in [2.75, 3.05) is 20.2 Å². The van der Waals surface area contributed by atoms with E-state index in [4.69, 9.17) is 16.3 Å². The minimum atomic E-state index is -0.141. The quantitative estimate of drug-likeness (QED) is 0.655. The summed E-state index contributed by atoms with van der Waals surface area (Å²) in [6, 6.07) is 13.8. The molecule has 1 aliphatic rings. The van der Waals surface area contributed by atoms with Gasteiger partial charge in [0.1, 0.15) is 5.75 Å². The molecule has 0 bridgehead atoms. The molecule has 1 heterocycles. The average Bonchev–Trinajstić information content (AvgIpc) is 2.70. The van der Waals surface area contributed by atoms with Crippen LogP contribution in [0.25, 0.3) is 0 Å². The second-order valence-corrected chi connectivity index (χ2v) is 8.31. The molecule has 0 unspecified atom stereocenters. The topological polar surface area (TPSA) is 53.6 Å². The number of halogens is 2. The van der Waals surface area contributed by atoms with E-state index in [1.807, 2.05) is 30.3 Å². The molecule has 0 aromatic heterocycles. The number of ether oxygens (including phenoxy) is 1. The maximum absolute atomic E-state index is 12.3. The molecule has 5 nitrogen and oxygen atoms in total. The lowest BCUT2D eigenvalue weighted by Gasteiger charge is -2.32. The van der Waals surface area contributed by atoms with Crippen LogP contribution in [0.2, 0.25) is 5.02 Å². The van der Waals surface area contributed by atoms with Crippen molar-refractivity contribution in [3.63, 3.8) is 0 Å². The second kappa shape index (κ2) is 10.1. The van der Waals surface area contributed by atoms with Crippen molar-refractivity contribution in [1.82, 2.24) is 15.5 Å². The standard InChI is InChI=1S/C21H25BrClN3O2/c1-28-20-7-4-17(22)12-16(20)13-24-21(27)25-19-8-10-26(11-9-19)14-15-2-5-18(23)6-3-15/h2-7,12,19H,8-11,13-14H2,1H3,(H2,24,25,27). The maximum Gasteiger partial charge on any atom is 0.315 e. The van der Waals surface area contributed by atoms with Crippen LogP contribution in [0.4, 0.5) is 4.79 Å². The molecular formula is C21H25BrClN3O2. The number of methoxy groups -OCH3 is 1. The van der Waals surface area contributed by atoms with Gasteiger partial charge in [0.05, 0.1) is 7.11 Å². The highest BCUT2D eigenvalue weighted by molar-refractivity contribution is 9.10. The molecule has 2 amide bonds. The van der Waals surface area contributed by atoms with E-state index in [0.717, 1.165) is 53.3 Å². The van der Waals surface area contributed by atoms with Gasteiger partial charge in [0.25, 0.3) is 0 Å². The zero-order chi connectivity index (χ0) is 19.9. The van der Waals surface area contributed by atoms with Crippen molar-refractivity contribution in [2.24, 2.45) is 0 Å². The van der Waals surface area contributed by atoms with Gasteiger partial charge in [0, 0.05) is 47.3 Å². The van der Waals surface area contributed by atoms with Gasteiger partial charge in [-0.15, -0.1) is 0 Å². The van der Waals surface area contributed by atoms with Gasteiger partial charge >= 0.3 is 6.03 Å². The minimum absolute atomic E-state index is 0.141. The molecule has 150 valence electrons. The van der Waals surface area contributed by atoms with E-state index in [2.05, 4.69) is 43.6 Å². The number of nitrogens with zero attached hydrogens (tertiary/aromatic N) is 1. The normalized spacial score (nSPS) is 15.2. The van der Waals surface area contributed by atoms with Gasteiger partial charge < -0.3 is 15.4 Å². The van der Waals surface area contributed by atoms with Crippen molar-refractivity contribution >= 4 is 33.6 Å². The number of carbonyl (C=O) groups excluding carboxylic acids is 1. The van der Waals surface area contributed by atoms with E-state index >= 15 is 0 Å². The SMILES string of the molecule is COc1ccc(Br)cc1CNC(=O)NC1CCN(Cc2ccc(Cl)cc2)CC1. The second-order valence-electron chi connectivity index (χ2n) is 6.96. The Morgan fingerprint density at radius 2 is 1.93 bits per heavy atom. The van der Waals surface area contributed by atoms with Crippen LogP contribution in [-0.4, -0.2) is 37.2 Å². The Morgan fingerprint density at radius 3 is 2.61 bits per heavy atom. The Labute approximate surface area is 179 Å². The number of benzene rings is 2. The lowest BCUT2D eigenvalue weighted by Crippen LogP contribution is -2.47. The molecule has 1 saturated heterocycles. The molecule has 3 rings (SSSR count). The number of urea groups is 1. The van der Waals surface area contributed by atoms with Gasteiger partial charge in [-0.2, -0.15) is 0 Å². The molecule has 0 aliphatic carbocycles. The molecular weight excluding hydrogens is 442 g/mol. The number of piperidine rings is 1. The summed E-state index contributed by atoms with van der Waals surface area (Å²) in [4.78, 5) is 14.7. The van der Waals surface area contributed by atoms with Gasteiger partial charge in [-0.05, 0) is 48.7 Å². The first-order chi connectivity index (χ1) is 13.5. The molecule has 2 aromatic carbocycles. The Bertz CT molecular complexity index is 793. The average molecular weight is 467 g/mol. The van der Waals surface area contributed by atoms with E-state index in [1.165, 1.54) is 5.56 Å². The van der Waals surface area contributed by atoms with E-state index in [-0.39, 0.29) is 12.1 Å². The Hall–Kier alpha value is -1.76. The predicted octanol–water partition coefficient (Wildman–Crippen LogP) is 4.57. The maximum atomic E-state index is 12.3. The number of rotatable bonds is 6. The number of nitrogens with one attached hydrogen (secondary N) is 2. The summed E-state index contributed by atoms with van der Waals surface area (Å²) in [5, 5.41) is 6.78. The largest absolute Gasteiger partial charge is 0.496 e. The van der Waals surface area contributed by atoms with Gasteiger partial charge in [-0.3, -0.25) is 4.90 Å². The summed E-state index contributed by atoms with van der Waals surface area (Å²) in [7, 11) is 1.63. The number of amides is 2. The highest BCUT2D eigenvalue weighted by Gasteiger charge is 2.20.